The van der Waals surface area contributed by atoms with Crippen LogP contribution < -0.4 is 4.74 Å². The van der Waals surface area contributed by atoms with Crippen LogP contribution in [0.3, 0.4) is 0 Å². The predicted octanol–water partition coefficient (Wildman–Crippen LogP) is 5.81. The van der Waals surface area contributed by atoms with Gasteiger partial charge in [0, 0.05) is 26.1 Å². The Bertz CT molecular complexity index is 816. The Morgan fingerprint density at radius 3 is 2.48 bits per heavy atom. The SMILES string of the molecule is CCC(=O)N(CC[C@H](c1ccccc1)[C@@H]1CCOC(C)(C)C1)Cc1ccc(OC)cc1. The molecule has 0 aliphatic carbocycles. The van der Waals surface area contributed by atoms with Gasteiger partial charge in [-0.2, -0.15) is 0 Å². The molecule has 0 radical (unpaired) electrons. The molecule has 0 N–H and O–H groups in total. The summed E-state index contributed by atoms with van der Waals surface area (Å²) in [5.41, 5.74) is 2.42. The van der Waals surface area contributed by atoms with Gasteiger partial charge in [0.05, 0.1) is 12.7 Å². The van der Waals surface area contributed by atoms with E-state index in [-0.39, 0.29) is 11.5 Å². The molecule has 168 valence electrons. The fraction of sp³-hybridized carbons (Fsp3) is 0.519. The molecule has 4 heteroatoms. The molecule has 0 unspecified atom stereocenters. The smallest absolute Gasteiger partial charge is 0.222 e. The Kier molecular flexibility index (Phi) is 8.14. The zero-order valence-corrected chi connectivity index (χ0v) is 19.5. The van der Waals surface area contributed by atoms with E-state index < -0.39 is 0 Å². The van der Waals surface area contributed by atoms with E-state index in [2.05, 4.69) is 44.2 Å². The summed E-state index contributed by atoms with van der Waals surface area (Å²) in [5.74, 6) is 2.02. The highest BCUT2D eigenvalue weighted by Gasteiger charge is 2.34. The van der Waals surface area contributed by atoms with E-state index >= 15 is 0 Å². The monoisotopic (exact) mass is 423 g/mol. The van der Waals surface area contributed by atoms with Gasteiger partial charge in [-0.15, -0.1) is 0 Å². The first-order chi connectivity index (χ1) is 14.9. The molecule has 2 aromatic rings. The molecule has 1 saturated heterocycles. The Labute approximate surface area is 187 Å². The highest BCUT2D eigenvalue weighted by molar-refractivity contribution is 5.75. The molecular weight excluding hydrogens is 386 g/mol. The minimum Gasteiger partial charge on any atom is -0.497 e. The summed E-state index contributed by atoms with van der Waals surface area (Å²) < 4.78 is 11.2. The molecule has 0 aromatic heterocycles. The molecule has 1 heterocycles. The van der Waals surface area contributed by atoms with Crippen LogP contribution in [-0.2, 0) is 16.1 Å². The summed E-state index contributed by atoms with van der Waals surface area (Å²) in [4.78, 5) is 14.8. The number of methoxy groups -OCH3 is 1. The molecule has 4 nitrogen and oxygen atoms in total. The second-order valence-electron chi connectivity index (χ2n) is 9.18. The fourth-order valence-electron chi connectivity index (χ4n) is 4.76. The Balaban J connectivity index is 1.75. The van der Waals surface area contributed by atoms with Crippen molar-refractivity contribution in [1.29, 1.82) is 0 Å². The number of hydrogen-bond acceptors (Lipinski definition) is 3. The molecule has 1 amide bonds. The Morgan fingerprint density at radius 2 is 1.87 bits per heavy atom. The number of benzene rings is 2. The number of hydrogen-bond donors (Lipinski definition) is 0. The molecular formula is C27H37NO3. The lowest BCUT2D eigenvalue weighted by molar-refractivity contribution is -0.131. The van der Waals surface area contributed by atoms with Crippen LogP contribution in [0.4, 0.5) is 0 Å². The minimum absolute atomic E-state index is 0.0854. The zero-order valence-electron chi connectivity index (χ0n) is 19.5. The number of carbonyl (C=O) groups excluding carboxylic acids is 1. The van der Waals surface area contributed by atoms with E-state index in [0.29, 0.717) is 24.8 Å². The predicted molar refractivity (Wildman–Crippen MR) is 125 cm³/mol. The van der Waals surface area contributed by atoms with Gasteiger partial charge in [0.15, 0.2) is 0 Å². The maximum absolute atomic E-state index is 12.7. The second kappa shape index (κ2) is 10.8. The second-order valence-corrected chi connectivity index (χ2v) is 9.18. The van der Waals surface area contributed by atoms with Gasteiger partial charge in [-0.25, -0.2) is 0 Å². The third-order valence-corrected chi connectivity index (χ3v) is 6.43. The summed E-state index contributed by atoms with van der Waals surface area (Å²) >= 11 is 0. The van der Waals surface area contributed by atoms with Crippen LogP contribution in [0.1, 0.15) is 63.5 Å². The normalized spacial score (nSPS) is 18.9. The number of carbonyl (C=O) groups is 1. The van der Waals surface area contributed by atoms with Gasteiger partial charge < -0.3 is 14.4 Å². The van der Waals surface area contributed by atoms with Gasteiger partial charge in [-0.1, -0.05) is 49.4 Å². The van der Waals surface area contributed by atoms with Crippen molar-refractivity contribution in [2.24, 2.45) is 5.92 Å². The van der Waals surface area contributed by atoms with Gasteiger partial charge in [0.2, 0.25) is 5.91 Å². The molecule has 3 rings (SSSR count). The van der Waals surface area contributed by atoms with Crippen molar-refractivity contribution >= 4 is 5.91 Å². The fourth-order valence-corrected chi connectivity index (χ4v) is 4.76. The van der Waals surface area contributed by atoms with Crippen molar-refractivity contribution in [3.8, 4) is 5.75 Å². The summed E-state index contributed by atoms with van der Waals surface area (Å²) in [6.45, 7) is 8.53. The molecule has 2 atom stereocenters. The molecule has 0 bridgehead atoms. The van der Waals surface area contributed by atoms with Crippen LogP contribution in [-0.4, -0.2) is 36.7 Å². The van der Waals surface area contributed by atoms with Gasteiger partial charge in [-0.3, -0.25) is 4.79 Å². The maximum atomic E-state index is 12.7. The van der Waals surface area contributed by atoms with Crippen molar-refractivity contribution in [2.75, 3.05) is 20.3 Å². The highest BCUT2D eigenvalue weighted by Crippen LogP contribution is 2.40. The van der Waals surface area contributed by atoms with Crippen LogP contribution in [0.15, 0.2) is 54.6 Å². The lowest BCUT2D eigenvalue weighted by Gasteiger charge is -2.40. The van der Waals surface area contributed by atoms with Crippen molar-refractivity contribution in [3.63, 3.8) is 0 Å². The lowest BCUT2D eigenvalue weighted by Crippen LogP contribution is -2.37. The Hall–Kier alpha value is -2.33. The van der Waals surface area contributed by atoms with Crippen LogP contribution in [0.5, 0.6) is 5.75 Å². The number of ether oxygens (including phenoxy) is 2. The molecule has 1 aliphatic rings. The van der Waals surface area contributed by atoms with E-state index in [4.69, 9.17) is 9.47 Å². The van der Waals surface area contributed by atoms with Gasteiger partial charge in [0.1, 0.15) is 5.75 Å². The van der Waals surface area contributed by atoms with Crippen molar-refractivity contribution in [2.45, 2.75) is 64.5 Å². The lowest BCUT2D eigenvalue weighted by atomic mass is 9.75. The van der Waals surface area contributed by atoms with Crippen molar-refractivity contribution < 1.29 is 14.3 Å². The average molecular weight is 424 g/mol. The van der Waals surface area contributed by atoms with Gasteiger partial charge in [-0.05, 0) is 68.2 Å². The van der Waals surface area contributed by atoms with Crippen LogP contribution in [0.25, 0.3) is 0 Å². The summed E-state index contributed by atoms with van der Waals surface area (Å²) in [6.07, 6.45) is 3.61. The van der Waals surface area contributed by atoms with Crippen LogP contribution >= 0.6 is 0 Å². The van der Waals surface area contributed by atoms with Crippen LogP contribution in [0, 0.1) is 5.92 Å². The van der Waals surface area contributed by atoms with E-state index in [1.807, 2.05) is 36.1 Å². The number of nitrogens with zero attached hydrogens (tertiary/aromatic N) is 1. The first-order valence-electron chi connectivity index (χ1n) is 11.5. The van der Waals surface area contributed by atoms with Gasteiger partial charge in [0.25, 0.3) is 0 Å². The van der Waals surface area contributed by atoms with Crippen molar-refractivity contribution in [3.05, 3.63) is 65.7 Å². The first kappa shape index (κ1) is 23.3. The third kappa shape index (κ3) is 6.57. The van der Waals surface area contributed by atoms with Crippen LogP contribution in [0.2, 0.25) is 0 Å². The Morgan fingerprint density at radius 1 is 1.16 bits per heavy atom. The summed E-state index contributed by atoms with van der Waals surface area (Å²) in [6, 6.07) is 18.8. The maximum Gasteiger partial charge on any atom is 0.222 e. The summed E-state index contributed by atoms with van der Waals surface area (Å²) in [7, 11) is 1.67. The summed E-state index contributed by atoms with van der Waals surface area (Å²) in [5, 5.41) is 0. The molecule has 0 spiro atoms. The zero-order chi connectivity index (χ0) is 22.3. The largest absolute Gasteiger partial charge is 0.497 e. The standard InChI is InChI=1S/C27H37NO3/c1-5-26(29)28(20-21-11-13-24(30-4)14-12-21)17-15-25(22-9-7-6-8-10-22)23-16-18-31-27(2,3)19-23/h6-14,23,25H,5,15-20H2,1-4H3/t23-,25-/m1/s1. The van der Waals surface area contributed by atoms with Gasteiger partial charge >= 0.3 is 0 Å². The van der Waals surface area contributed by atoms with E-state index in [1.54, 1.807) is 7.11 Å². The highest BCUT2D eigenvalue weighted by atomic mass is 16.5. The number of rotatable bonds is 9. The number of amides is 1. The molecule has 1 aliphatic heterocycles. The minimum atomic E-state index is -0.0854. The van der Waals surface area contributed by atoms with E-state index in [9.17, 15) is 4.79 Å². The van der Waals surface area contributed by atoms with Crippen molar-refractivity contribution in [1.82, 2.24) is 4.90 Å². The quantitative estimate of drug-likeness (QED) is 0.511. The van der Waals surface area contributed by atoms with E-state index in [0.717, 1.165) is 43.7 Å². The molecule has 1 fully saturated rings. The third-order valence-electron chi connectivity index (χ3n) is 6.43. The molecule has 31 heavy (non-hydrogen) atoms. The first-order valence-corrected chi connectivity index (χ1v) is 11.5. The molecule has 0 saturated carbocycles. The van der Waals surface area contributed by atoms with E-state index in [1.165, 1.54) is 5.56 Å². The molecule has 2 aromatic carbocycles. The average Bonchev–Trinajstić information content (AvgIpc) is 2.78. The topological polar surface area (TPSA) is 38.8 Å².